The third-order valence-electron chi connectivity index (χ3n) is 7.91. The summed E-state index contributed by atoms with van der Waals surface area (Å²) < 4.78 is 17.1. The number of carbonyl (C=O) groups is 3. The Labute approximate surface area is 298 Å². The average Bonchev–Trinajstić information content (AvgIpc) is 3.05. The van der Waals surface area contributed by atoms with Crippen molar-refractivity contribution in [2.75, 3.05) is 41.0 Å². The molecule has 0 aromatic rings. The molecule has 8 heteroatoms. The molecule has 0 aliphatic rings. The minimum absolute atomic E-state index is 0.0356. The Balaban J connectivity index is 4.50. The minimum Gasteiger partial charge on any atom is -0.477 e. The molecule has 1 N–H and O–H groups in total. The summed E-state index contributed by atoms with van der Waals surface area (Å²) in [7, 11) is 5.49. The van der Waals surface area contributed by atoms with Crippen LogP contribution in [0.2, 0.25) is 0 Å². The molecule has 0 aromatic heterocycles. The third kappa shape index (κ3) is 30.8. The number of aliphatic carboxylic acids is 1. The average molecular weight is 689 g/mol. The Morgan fingerprint density at radius 1 is 0.612 bits per heavy atom. The molecule has 0 aliphatic carbocycles. The van der Waals surface area contributed by atoms with E-state index in [4.69, 9.17) is 14.2 Å². The second-order valence-corrected chi connectivity index (χ2v) is 13.4. The van der Waals surface area contributed by atoms with Gasteiger partial charge in [0, 0.05) is 19.3 Å². The van der Waals surface area contributed by atoms with E-state index in [2.05, 4.69) is 74.6 Å². The van der Waals surface area contributed by atoms with E-state index in [1.54, 1.807) is 0 Å². The lowest BCUT2D eigenvalue weighted by Crippen LogP contribution is -2.50. The van der Waals surface area contributed by atoms with Gasteiger partial charge in [0.1, 0.15) is 6.61 Å². The molecule has 0 aliphatic heterocycles. The van der Waals surface area contributed by atoms with Crippen molar-refractivity contribution >= 4 is 17.9 Å². The van der Waals surface area contributed by atoms with Gasteiger partial charge in [-0.3, -0.25) is 9.59 Å². The van der Waals surface area contributed by atoms with Gasteiger partial charge in [-0.2, -0.15) is 0 Å². The van der Waals surface area contributed by atoms with Crippen LogP contribution in [0.15, 0.2) is 60.8 Å². The van der Waals surface area contributed by atoms with Crippen molar-refractivity contribution in [1.29, 1.82) is 0 Å². The first kappa shape index (κ1) is 46.0. The first-order valence-corrected chi connectivity index (χ1v) is 18.8. The first-order valence-electron chi connectivity index (χ1n) is 18.8. The van der Waals surface area contributed by atoms with Crippen molar-refractivity contribution in [3.05, 3.63) is 60.8 Å². The van der Waals surface area contributed by atoms with Crippen molar-refractivity contribution in [2.45, 2.75) is 142 Å². The van der Waals surface area contributed by atoms with E-state index >= 15 is 0 Å². The Bertz CT molecular complexity index is 990. The van der Waals surface area contributed by atoms with Gasteiger partial charge in [-0.05, 0) is 64.2 Å². The number of carboxylic acid groups (broad SMARTS) is 1. The number of hydrogen-bond donors (Lipinski definition) is 1. The molecule has 0 aromatic carbocycles. The maximum Gasteiger partial charge on any atom is 0.362 e. The van der Waals surface area contributed by atoms with Crippen LogP contribution in [-0.2, 0) is 28.6 Å². The number of ether oxygens (including phenoxy) is 3. The fourth-order valence-electron chi connectivity index (χ4n) is 5.03. The highest BCUT2D eigenvalue weighted by Crippen LogP contribution is 2.12. The Kier molecular flexibility index (Phi) is 30.3. The monoisotopic (exact) mass is 689 g/mol. The van der Waals surface area contributed by atoms with Gasteiger partial charge in [-0.15, -0.1) is 0 Å². The quantitative estimate of drug-likeness (QED) is 0.0325. The molecule has 2 atom stereocenters. The van der Waals surface area contributed by atoms with E-state index in [9.17, 15) is 19.5 Å². The lowest BCUT2D eigenvalue weighted by Gasteiger charge is -2.31. The third-order valence-corrected chi connectivity index (χ3v) is 7.91. The van der Waals surface area contributed by atoms with Crippen molar-refractivity contribution in [2.24, 2.45) is 0 Å². The van der Waals surface area contributed by atoms with Crippen LogP contribution in [0.5, 0.6) is 0 Å². The summed E-state index contributed by atoms with van der Waals surface area (Å²) >= 11 is 0. The molecule has 280 valence electrons. The standard InChI is InChI=1S/C41H69NO7/c1-6-8-10-12-14-16-18-19-20-22-23-25-27-29-31-39(43)48-36-37(35-47-34-33-38(41(45)46)42(3,4)5)49-40(44)32-30-28-26-24-21-17-15-13-11-9-7-2/h8-11,14-17,24,26,37-38H,6-7,12-13,18-23,25,27-36H2,1-5H3/p+1/b10-8+,11-9+,16-14+,17-15+,26-24+. The minimum atomic E-state index is -0.888. The number of rotatable bonds is 32. The predicted molar refractivity (Wildman–Crippen MR) is 201 cm³/mol. The smallest absolute Gasteiger partial charge is 0.362 e. The normalized spacial score (nSPS) is 13.7. The Hall–Kier alpha value is -2.97. The molecule has 0 heterocycles. The first-order chi connectivity index (χ1) is 23.6. The number of esters is 2. The molecule has 0 spiro atoms. The van der Waals surface area contributed by atoms with Gasteiger partial charge in [0.05, 0.1) is 34.4 Å². The van der Waals surface area contributed by atoms with Crippen LogP contribution in [0.1, 0.15) is 129 Å². The zero-order valence-corrected chi connectivity index (χ0v) is 31.6. The van der Waals surface area contributed by atoms with Crippen molar-refractivity contribution in [1.82, 2.24) is 0 Å². The van der Waals surface area contributed by atoms with Crippen molar-refractivity contribution in [3.63, 3.8) is 0 Å². The SMILES string of the molecule is CC/C=C/C/C=C/C/C=C/CCCC(=O)OC(COCCC(C(=O)O)[N+](C)(C)C)COC(=O)CCCCCCCCC/C=C/C/C=C/CC. The molecule has 0 fully saturated rings. The zero-order chi connectivity index (χ0) is 36.4. The number of likely N-dealkylation sites (N-methyl/N-ethyl adjacent to an activating group) is 1. The van der Waals surface area contributed by atoms with E-state index < -0.39 is 18.1 Å². The number of hydrogen-bond acceptors (Lipinski definition) is 6. The van der Waals surface area contributed by atoms with Gasteiger partial charge < -0.3 is 23.8 Å². The molecule has 0 radical (unpaired) electrons. The predicted octanol–water partition coefficient (Wildman–Crippen LogP) is 9.46. The Morgan fingerprint density at radius 2 is 1.10 bits per heavy atom. The topological polar surface area (TPSA) is 99.1 Å². The maximum absolute atomic E-state index is 12.6. The highest BCUT2D eigenvalue weighted by atomic mass is 16.6. The number of quaternary nitrogens is 1. The van der Waals surface area contributed by atoms with Crippen LogP contribution in [-0.4, -0.2) is 80.6 Å². The number of allylic oxidation sites excluding steroid dienone is 10. The second kappa shape index (κ2) is 32.2. The lowest BCUT2D eigenvalue weighted by atomic mass is 10.1. The molecule has 49 heavy (non-hydrogen) atoms. The molecule has 0 rings (SSSR count). The number of carboxylic acids is 1. The summed E-state index contributed by atoms with van der Waals surface area (Å²) in [5, 5.41) is 9.57. The largest absolute Gasteiger partial charge is 0.477 e. The fourth-order valence-corrected chi connectivity index (χ4v) is 5.03. The Morgan fingerprint density at radius 3 is 1.65 bits per heavy atom. The summed E-state index contributed by atoms with van der Waals surface area (Å²) in [5.74, 6) is -1.56. The molecule has 8 nitrogen and oxygen atoms in total. The summed E-state index contributed by atoms with van der Waals surface area (Å²) in [6.07, 6.45) is 37.1. The number of nitrogens with zero attached hydrogens (tertiary/aromatic N) is 1. The lowest BCUT2D eigenvalue weighted by molar-refractivity contribution is -0.887. The van der Waals surface area contributed by atoms with Crippen LogP contribution >= 0.6 is 0 Å². The van der Waals surface area contributed by atoms with Gasteiger partial charge >= 0.3 is 17.9 Å². The highest BCUT2D eigenvalue weighted by Gasteiger charge is 2.31. The summed E-state index contributed by atoms with van der Waals surface area (Å²) in [5.41, 5.74) is 0. The van der Waals surface area contributed by atoms with E-state index in [1.165, 1.54) is 25.7 Å². The van der Waals surface area contributed by atoms with Crippen LogP contribution in [0.3, 0.4) is 0 Å². The van der Waals surface area contributed by atoms with Crippen molar-refractivity contribution < 1.29 is 38.2 Å². The van der Waals surface area contributed by atoms with Crippen LogP contribution in [0.25, 0.3) is 0 Å². The summed E-state index contributed by atoms with van der Waals surface area (Å²) in [6, 6.07) is -0.625. The van der Waals surface area contributed by atoms with Crippen molar-refractivity contribution in [3.8, 4) is 0 Å². The summed E-state index contributed by atoms with van der Waals surface area (Å²) in [6.45, 7) is 4.41. The molecule has 0 amide bonds. The van der Waals surface area contributed by atoms with Gasteiger partial charge in [0.25, 0.3) is 0 Å². The molecule has 0 saturated carbocycles. The zero-order valence-electron chi connectivity index (χ0n) is 31.6. The van der Waals surface area contributed by atoms with Gasteiger partial charge in [-0.1, -0.05) is 107 Å². The van der Waals surface area contributed by atoms with Crippen LogP contribution in [0, 0.1) is 0 Å². The molecule has 2 unspecified atom stereocenters. The van der Waals surface area contributed by atoms with Gasteiger partial charge in [-0.25, -0.2) is 4.79 Å². The van der Waals surface area contributed by atoms with Gasteiger partial charge in [0.2, 0.25) is 0 Å². The molecule has 0 bridgehead atoms. The van der Waals surface area contributed by atoms with Crippen LogP contribution < -0.4 is 0 Å². The van der Waals surface area contributed by atoms with E-state index in [1.807, 2.05) is 21.1 Å². The molecular weight excluding hydrogens is 618 g/mol. The van der Waals surface area contributed by atoms with Gasteiger partial charge in [0.15, 0.2) is 12.1 Å². The summed E-state index contributed by atoms with van der Waals surface area (Å²) in [4.78, 5) is 36.7. The van der Waals surface area contributed by atoms with E-state index in [0.29, 0.717) is 19.3 Å². The maximum atomic E-state index is 12.6. The number of carbonyl (C=O) groups excluding carboxylic acids is 2. The molecule has 0 saturated heterocycles. The highest BCUT2D eigenvalue weighted by molar-refractivity contribution is 5.72. The fraction of sp³-hybridized carbons (Fsp3) is 0.683. The second-order valence-electron chi connectivity index (χ2n) is 13.4. The van der Waals surface area contributed by atoms with E-state index in [0.717, 1.165) is 64.2 Å². The van der Waals surface area contributed by atoms with E-state index in [-0.39, 0.29) is 42.7 Å². The van der Waals surface area contributed by atoms with Crippen LogP contribution in [0.4, 0.5) is 0 Å². The molecular formula is C41H70NO7+. The number of unbranched alkanes of at least 4 members (excludes halogenated alkanes) is 8.